The number of benzene rings is 8. The molecule has 1 heterocycles. The van der Waals surface area contributed by atoms with Crippen molar-refractivity contribution in [2.75, 3.05) is 0 Å². The summed E-state index contributed by atoms with van der Waals surface area (Å²) in [5.41, 5.74) is 20.3. The van der Waals surface area contributed by atoms with Gasteiger partial charge in [0.1, 0.15) is 11.0 Å². The van der Waals surface area contributed by atoms with Gasteiger partial charge in [-0.1, -0.05) is 231 Å². The highest BCUT2D eigenvalue weighted by Gasteiger charge is 2.20. The van der Waals surface area contributed by atoms with Crippen molar-refractivity contribution in [3.05, 3.63) is 275 Å². The summed E-state index contributed by atoms with van der Waals surface area (Å²) in [6.07, 6.45) is 6.51. The van der Waals surface area contributed by atoms with Crippen molar-refractivity contribution in [1.29, 1.82) is 0 Å². The third-order valence-corrected chi connectivity index (χ3v) is 11.7. The van der Waals surface area contributed by atoms with Gasteiger partial charge in [-0.3, -0.25) is 0 Å². The van der Waals surface area contributed by atoms with Crippen molar-refractivity contribution in [3.63, 3.8) is 0 Å². The van der Waals surface area contributed by atoms with Crippen molar-refractivity contribution < 1.29 is 0 Å². The second-order valence-electron chi connectivity index (χ2n) is 14.9. The summed E-state index contributed by atoms with van der Waals surface area (Å²) < 4.78 is 9.77. The van der Waals surface area contributed by atoms with Gasteiger partial charge in [0.25, 0.3) is 0 Å². The third-order valence-electron chi connectivity index (χ3n) is 11.1. The Labute approximate surface area is 363 Å². The fraction of sp³-hybridized carbons (Fsp3) is 0.0345. The molecule has 0 radical (unpaired) electrons. The quantitative estimate of drug-likeness (QED) is 0.0962. The van der Waals surface area contributed by atoms with Crippen LogP contribution in [0.2, 0.25) is 0 Å². The molecule has 61 heavy (non-hydrogen) atoms. The van der Waals surface area contributed by atoms with Gasteiger partial charge >= 0.3 is 0 Å². The van der Waals surface area contributed by atoms with Crippen LogP contribution in [-0.4, -0.2) is 8.75 Å². The van der Waals surface area contributed by atoms with E-state index in [0.717, 1.165) is 44.4 Å². The van der Waals surface area contributed by atoms with E-state index in [1.165, 1.54) is 67.4 Å². The molecule has 9 rings (SSSR count). The Bertz CT molecular complexity index is 2970. The lowest BCUT2D eigenvalue weighted by Gasteiger charge is -2.19. The first kappa shape index (κ1) is 39.0. The first-order valence-corrected chi connectivity index (χ1v) is 21.5. The molecular weight excluding hydrogens is 757 g/mol. The van der Waals surface area contributed by atoms with Gasteiger partial charge in [0.15, 0.2) is 0 Å². The van der Waals surface area contributed by atoms with E-state index in [0.29, 0.717) is 0 Å². The Kier molecular flexibility index (Phi) is 11.7. The molecule has 0 unspecified atom stereocenters. The topological polar surface area (TPSA) is 25.8 Å². The van der Waals surface area contributed by atoms with Crippen LogP contribution < -0.4 is 0 Å². The molecular formula is C58H44N2S. The first-order chi connectivity index (χ1) is 30.2. The van der Waals surface area contributed by atoms with Crippen LogP contribution in [-0.2, 0) is 0 Å². The molecule has 0 atom stereocenters. The lowest BCUT2D eigenvalue weighted by Crippen LogP contribution is -1.98. The molecule has 292 valence electrons. The van der Waals surface area contributed by atoms with Crippen LogP contribution in [0.25, 0.3) is 55.6 Å². The molecule has 9 aromatic rings. The molecule has 2 nitrogen and oxygen atoms in total. The van der Waals surface area contributed by atoms with Gasteiger partial charge < -0.3 is 0 Å². The highest BCUT2D eigenvalue weighted by atomic mass is 32.1. The van der Waals surface area contributed by atoms with Crippen LogP contribution in [0.4, 0.5) is 0 Å². The summed E-state index contributed by atoms with van der Waals surface area (Å²) in [7, 11) is 0. The first-order valence-electron chi connectivity index (χ1n) is 20.7. The summed E-state index contributed by atoms with van der Waals surface area (Å²) in [6, 6.07) is 75.8. The summed E-state index contributed by atoms with van der Waals surface area (Å²) in [4.78, 5) is 0. The number of aromatic nitrogens is 2. The minimum atomic E-state index is 0.910. The molecule has 0 saturated carbocycles. The van der Waals surface area contributed by atoms with Crippen LogP contribution >= 0.6 is 11.7 Å². The average molecular weight is 801 g/mol. The summed E-state index contributed by atoms with van der Waals surface area (Å²) in [5, 5.41) is 0. The number of hydrogen-bond acceptors (Lipinski definition) is 3. The van der Waals surface area contributed by atoms with Gasteiger partial charge in [-0.15, -0.1) is 0 Å². The van der Waals surface area contributed by atoms with Crippen LogP contribution in [0.5, 0.6) is 0 Å². The van der Waals surface area contributed by atoms with E-state index in [9.17, 15) is 0 Å². The Morgan fingerprint density at radius 2 is 0.689 bits per heavy atom. The van der Waals surface area contributed by atoms with Crippen molar-refractivity contribution in [3.8, 4) is 22.3 Å². The zero-order valence-electron chi connectivity index (χ0n) is 34.2. The number of allylic oxidation sites excluding steroid dienone is 5. The number of fused-ring (bicyclic) bond motifs is 1. The largest absolute Gasteiger partial charge is 0.172 e. The zero-order chi connectivity index (χ0) is 41.4. The van der Waals surface area contributed by atoms with Gasteiger partial charge in [0, 0.05) is 11.1 Å². The van der Waals surface area contributed by atoms with E-state index in [-0.39, 0.29) is 0 Å². The Morgan fingerprint density at radius 3 is 1.05 bits per heavy atom. The maximum atomic E-state index is 4.88. The van der Waals surface area contributed by atoms with E-state index < -0.39 is 0 Å². The average Bonchev–Trinajstić information content (AvgIpc) is 3.84. The van der Waals surface area contributed by atoms with Crippen LogP contribution in [0.3, 0.4) is 0 Å². The SMILES string of the molecule is C\C=C/C(=C\C)C(=C(/c1ccccc1)c1ccc(-c2ccc(-c3ccc(C(=C(c4ccccc4)c4ccccc4)c4ccccc4)cc3)c3nsnc23)cc1)/c1ccccc1. The number of rotatable bonds is 11. The molecule has 8 aromatic carbocycles. The smallest absolute Gasteiger partial charge is 0.113 e. The van der Waals surface area contributed by atoms with Crippen molar-refractivity contribution in [2.45, 2.75) is 13.8 Å². The molecule has 0 amide bonds. The Morgan fingerprint density at radius 1 is 0.361 bits per heavy atom. The molecule has 0 spiro atoms. The van der Waals surface area contributed by atoms with Gasteiger partial charge in [0.2, 0.25) is 0 Å². The van der Waals surface area contributed by atoms with Crippen molar-refractivity contribution in [1.82, 2.24) is 8.75 Å². The maximum absolute atomic E-state index is 4.88. The standard InChI is InChI=1S/C58H44N2S/c1-3-20-41(4-2)53(44-21-10-5-11-22-44)55(47-27-16-8-17-28-47)49-35-31-42(32-36-49)51-39-40-52(58-57(51)59-61-60-58)43-33-37-50(38-34-43)56(48-29-18-9-19-30-48)54(45-23-12-6-13-24-45)46-25-14-7-15-26-46/h3-40H,1-2H3/b20-3-,41-4+,55-53+. The summed E-state index contributed by atoms with van der Waals surface area (Å²) in [5.74, 6) is 0. The molecule has 0 aliphatic carbocycles. The molecule has 0 N–H and O–H groups in total. The van der Waals surface area contributed by atoms with Gasteiger partial charge in [0.05, 0.1) is 11.7 Å². The van der Waals surface area contributed by atoms with E-state index in [1.54, 1.807) is 0 Å². The zero-order valence-corrected chi connectivity index (χ0v) is 35.1. The van der Waals surface area contributed by atoms with E-state index in [4.69, 9.17) is 8.75 Å². The number of nitrogens with zero attached hydrogens (tertiary/aromatic N) is 2. The summed E-state index contributed by atoms with van der Waals surface area (Å²) >= 11 is 1.26. The highest BCUT2D eigenvalue weighted by Crippen LogP contribution is 2.41. The maximum Gasteiger partial charge on any atom is 0.113 e. The lowest BCUT2D eigenvalue weighted by molar-refractivity contribution is 1.49. The van der Waals surface area contributed by atoms with Gasteiger partial charge in [-0.05, 0) is 91.8 Å². The van der Waals surface area contributed by atoms with E-state index >= 15 is 0 Å². The second kappa shape index (κ2) is 18.2. The van der Waals surface area contributed by atoms with Crippen LogP contribution in [0, 0.1) is 0 Å². The number of hydrogen-bond donors (Lipinski definition) is 0. The molecule has 0 aliphatic heterocycles. The molecule has 0 saturated heterocycles. The van der Waals surface area contributed by atoms with Crippen LogP contribution in [0.1, 0.15) is 52.8 Å². The predicted molar refractivity (Wildman–Crippen MR) is 260 cm³/mol. The molecule has 1 aromatic heterocycles. The molecule has 0 fully saturated rings. The fourth-order valence-electron chi connectivity index (χ4n) is 8.31. The second-order valence-corrected chi connectivity index (χ2v) is 15.4. The van der Waals surface area contributed by atoms with Crippen molar-refractivity contribution >= 4 is 45.1 Å². The summed E-state index contributed by atoms with van der Waals surface area (Å²) in [6.45, 7) is 4.19. The molecule has 3 heteroatoms. The normalized spacial score (nSPS) is 12.1. The minimum absolute atomic E-state index is 0.910. The highest BCUT2D eigenvalue weighted by molar-refractivity contribution is 7.00. The Balaban J connectivity index is 1.12. The molecule has 0 aliphatic rings. The Hall–Kier alpha value is -7.46. The van der Waals surface area contributed by atoms with Crippen molar-refractivity contribution in [2.24, 2.45) is 0 Å². The van der Waals surface area contributed by atoms with E-state index in [1.807, 2.05) is 0 Å². The minimum Gasteiger partial charge on any atom is -0.172 e. The monoisotopic (exact) mass is 800 g/mol. The third kappa shape index (κ3) is 8.12. The predicted octanol–water partition coefficient (Wildman–Crippen LogP) is 15.5. The van der Waals surface area contributed by atoms with Gasteiger partial charge in [-0.2, -0.15) is 8.75 Å². The van der Waals surface area contributed by atoms with E-state index in [2.05, 4.69) is 244 Å². The lowest BCUT2D eigenvalue weighted by atomic mass is 9.84. The molecule has 0 bridgehead atoms. The fourth-order valence-corrected chi connectivity index (χ4v) is 8.89. The van der Waals surface area contributed by atoms with Crippen LogP contribution in [0.15, 0.2) is 236 Å². The van der Waals surface area contributed by atoms with Gasteiger partial charge in [-0.25, -0.2) is 0 Å².